The van der Waals surface area contributed by atoms with Crippen molar-refractivity contribution in [1.82, 2.24) is 15.1 Å². The highest BCUT2D eigenvalue weighted by atomic mass is 79.9. The minimum Gasteiger partial charge on any atom is -0.469 e. The number of methoxy groups -OCH3 is 1. The van der Waals surface area contributed by atoms with Gasteiger partial charge in [0.2, 0.25) is 0 Å². The second kappa shape index (κ2) is 7.06. The van der Waals surface area contributed by atoms with Crippen molar-refractivity contribution < 1.29 is 9.15 Å². The molecule has 1 N–H and O–H groups in total. The van der Waals surface area contributed by atoms with Gasteiger partial charge in [-0.2, -0.15) is 5.10 Å². The minimum atomic E-state index is 0.0474. The summed E-state index contributed by atoms with van der Waals surface area (Å²) in [6.07, 6.45) is 3.62. The average Bonchev–Trinajstić information content (AvgIpc) is 3.01. The standard InChI is InChI=1S/C14H20BrN3O2/c1-4-16-13(11-7-10(2)20-9-11)14-12(15)8-17-18(14)5-6-19-3/h7-9,13,16H,4-6H2,1-3H3. The lowest BCUT2D eigenvalue weighted by Gasteiger charge is -2.19. The van der Waals surface area contributed by atoms with Gasteiger partial charge in [0.15, 0.2) is 0 Å². The van der Waals surface area contributed by atoms with Gasteiger partial charge in [0.05, 0.1) is 41.8 Å². The molecule has 5 nitrogen and oxygen atoms in total. The van der Waals surface area contributed by atoms with Crippen molar-refractivity contribution in [1.29, 1.82) is 0 Å². The Morgan fingerprint density at radius 3 is 2.95 bits per heavy atom. The van der Waals surface area contributed by atoms with Crippen LogP contribution in [0.4, 0.5) is 0 Å². The average molecular weight is 342 g/mol. The summed E-state index contributed by atoms with van der Waals surface area (Å²) in [6, 6.07) is 2.10. The van der Waals surface area contributed by atoms with Crippen molar-refractivity contribution in [2.75, 3.05) is 20.3 Å². The van der Waals surface area contributed by atoms with Crippen LogP contribution in [0.5, 0.6) is 0 Å². The van der Waals surface area contributed by atoms with Crippen LogP contribution in [0.25, 0.3) is 0 Å². The van der Waals surface area contributed by atoms with Crippen LogP contribution < -0.4 is 5.32 Å². The lowest BCUT2D eigenvalue weighted by Crippen LogP contribution is -2.25. The van der Waals surface area contributed by atoms with Crippen molar-refractivity contribution in [3.63, 3.8) is 0 Å². The van der Waals surface area contributed by atoms with Crippen LogP contribution in [0, 0.1) is 6.92 Å². The van der Waals surface area contributed by atoms with Gasteiger partial charge in [0, 0.05) is 12.7 Å². The molecule has 0 bridgehead atoms. The van der Waals surface area contributed by atoms with E-state index in [1.807, 2.05) is 23.9 Å². The third kappa shape index (κ3) is 3.31. The molecule has 20 heavy (non-hydrogen) atoms. The summed E-state index contributed by atoms with van der Waals surface area (Å²) in [5.41, 5.74) is 2.19. The Morgan fingerprint density at radius 1 is 1.55 bits per heavy atom. The molecular weight excluding hydrogens is 322 g/mol. The molecule has 6 heteroatoms. The normalized spacial score (nSPS) is 12.8. The van der Waals surface area contributed by atoms with E-state index in [0.717, 1.165) is 34.6 Å². The van der Waals surface area contributed by atoms with Crippen molar-refractivity contribution in [3.05, 3.63) is 40.0 Å². The van der Waals surface area contributed by atoms with Crippen LogP contribution in [-0.2, 0) is 11.3 Å². The molecule has 2 aromatic heterocycles. The van der Waals surface area contributed by atoms with Gasteiger partial charge in [-0.1, -0.05) is 6.92 Å². The quantitative estimate of drug-likeness (QED) is 0.841. The van der Waals surface area contributed by atoms with Gasteiger partial charge in [-0.15, -0.1) is 0 Å². The Bertz CT molecular complexity index is 550. The van der Waals surface area contributed by atoms with E-state index in [9.17, 15) is 0 Å². The predicted molar refractivity (Wildman–Crippen MR) is 80.8 cm³/mol. The number of hydrogen-bond acceptors (Lipinski definition) is 4. The van der Waals surface area contributed by atoms with E-state index in [2.05, 4.69) is 33.3 Å². The summed E-state index contributed by atoms with van der Waals surface area (Å²) in [7, 11) is 1.69. The summed E-state index contributed by atoms with van der Waals surface area (Å²) in [5.74, 6) is 0.905. The Morgan fingerprint density at radius 2 is 2.35 bits per heavy atom. The molecule has 110 valence electrons. The molecule has 0 spiro atoms. The maximum atomic E-state index is 5.44. The molecule has 0 aliphatic heterocycles. The smallest absolute Gasteiger partial charge is 0.101 e. The molecular formula is C14H20BrN3O2. The minimum absolute atomic E-state index is 0.0474. The molecule has 2 heterocycles. The summed E-state index contributed by atoms with van der Waals surface area (Å²) in [5, 5.41) is 7.89. The second-order valence-corrected chi connectivity index (χ2v) is 5.43. The van der Waals surface area contributed by atoms with Crippen LogP contribution in [0.2, 0.25) is 0 Å². The largest absolute Gasteiger partial charge is 0.469 e. The Kier molecular flexibility index (Phi) is 5.39. The highest BCUT2D eigenvalue weighted by Gasteiger charge is 2.22. The Balaban J connectivity index is 2.35. The van der Waals surface area contributed by atoms with Crippen LogP contribution in [0.1, 0.15) is 30.0 Å². The van der Waals surface area contributed by atoms with Crippen LogP contribution >= 0.6 is 15.9 Å². The van der Waals surface area contributed by atoms with Gasteiger partial charge in [-0.3, -0.25) is 4.68 Å². The number of nitrogens with one attached hydrogen (secondary N) is 1. The highest BCUT2D eigenvalue weighted by Crippen LogP contribution is 2.29. The molecule has 0 radical (unpaired) electrons. The lowest BCUT2D eigenvalue weighted by atomic mass is 10.1. The first kappa shape index (κ1) is 15.3. The van der Waals surface area contributed by atoms with E-state index in [1.165, 1.54) is 0 Å². The topological polar surface area (TPSA) is 52.2 Å². The molecule has 1 atom stereocenters. The van der Waals surface area contributed by atoms with Gasteiger partial charge in [-0.05, 0) is 35.5 Å². The fourth-order valence-electron chi connectivity index (χ4n) is 2.21. The molecule has 2 rings (SSSR count). The Hall–Kier alpha value is -1.11. The third-order valence-corrected chi connectivity index (χ3v) is 3.72. The number of ether oxygens (including phenoxy) is 1. The fourth-order valence-corrected chi connectivity index (χ4v) is 2.73. The van der Waals surface area contributed by atoms with Crippen molar-refractivity contribution in [3.8, 4) is 0 Å². The molecule has 0 aliphatic carbocycles. The summed E-state index contributed by atoms with van der Waals surface area (Å²) in [6.45, 7) is 6.24. The number of halogens is 1. The monoisotopic (exact) mass is 341 g/mol. The number of nitrogens with zero attached hydrogens (tertiary/aromatic N) is 2. The SMILES string of the molecule is CCNC(c1coc(C)c1)c1c(Br)cnn1CCOC. The summed E-state index contributed by atoms with van der Waals surface area (Å²) >= 11 is 3.59. The molecule has 0 saturated heterocycles. The third-order valence-electron chi connectivity index (χ3n) is 3.11. The van der Waals surface area contributed by atoms with Crippen molar-refractivity contribution in [2.45, 2.75) is 26.4 Å². The number of rotatable bonds is 7. The van der Waals surface area contributed by atoms with Crippen LogP contribution in [-0.4, -0.2) is 30.0 Å². The molecule has 0 fully saturated rings. The number of aromatic nitrogens is 2. The van der Waals surface area contributed by atoms with E-state index in [4.69, 9.17) is 9.15 Å². The van der Waals surface area contributed by atoms with E-state index >= 15 is 0 Å². The maximum Gasteiger partial charge on any atom is 0.101 e. The van der Waals surface area contributed by atoms with E-state index in [1.54, 1.807) is 13.4 Å². The van der Waals surface area contributed by atoms with Gasteiger partial charge in [0.1, 0.15) is 5.76 Å². The van der Waals surface area contributed by atoms with Gasteiger partial charge >= 0.3 is 0 Å². The molecule has 2 aromatic rings. The van der Waals surface area contributed by atoms with Gasteiger partial charge in [-0.25, -0.2) is 0 Å². The summed E-state index contributed by atoms with van der Waals surface area (Å²) < 4.78 is 13.5. The maximum absolute atomic E-state index is 5.44. The number of aryl methyl sites for hydroxylation is 1. The van der Waals surface area contributed by atoms with Crippen LogP contribution in [0.3, 0.4) is 0 Å². The van der Waals surface area contributed by atoms with Gasteiger partial charge < -0.3 is 14.5 Å². The second-order valence-electron chi connectivity index (χ2n) is 4.58. The first-order valence-corrected chi connectivity index (χ1v) is 7.45. The molecule has 0 amide bonds. The molecule has 0 aliphatic rings. The molecule has 0 saturated carbocycles. The van der Waals surface area contributed by atoms with Crippen molar-refractivity contribution in [2.24, 2.45) is 0 Å². The summed E-state index contributed by atoms with van der Waals surface area (Å²) in [4.78, 5) is 0. The zero-order chi connectivity index (χ0) is 14.5. The predicted octanol–water partition coefficient (Wildman–Crippen LogP) is 2.89. The number of furan rings is 1. The zero-order valence-corrected chi connectivity index (χ0v) is 13.6. The van der Waals surface area contributed by atoms with E-state index < -0.39 is 0 Å². The van der Waals surface area contributed by atoms with E-state index in [0.29, 0.717) is 6.61 Å². The Labute approximate surface area is 127 Å². The number of hydrogen-bond donors (Lipinski definition) is 1. The molecule has 1 unspecified atom stereocenters. The van der Waals surface area contributed by atoms with E-state index in [-0.39, 0.29) is 6.04 Å². The molecule has 0 aromatic carbocycles. The fraction of sp³-hybridized carbons (Fsp3) is 0.500. The zero-order valence-electron chi connectivity index (χ0n) is 12.0. The van der Waals surface area contributed by atoms with Gasteiger partial charge in [0.25, 0.3) is 0 Å². The lowest BCUT2D eigenvalue weighted by molar-refractivity contribution is 0.182. The first-order chi connectivity index (χ1) is 9.67. The highest BCUT2D eigenvalue weighted by molar-refractivity contribution is 9.10. The first-order valence-electron chi connectivity index (χ1n) is 6.66. The van der Waals surface area contributed by atoms with Crippen molar-refractivity contribution >= 4 is 15.9 Å². The van der Waals surface area contributed by atoms with Crippen LogP contribution in [0.15, 0.2) is 27.4 Å².